The maximum absolute atomic E-state index is 12.2. The highest BCUT2D eigenvalue weighted by atomic mass is 16.2. The van der Waals surface area contributed by atoms with E-state index in [0.29, 0.717) is 0 Å². The molecule has 0 bridgehead atoms. The lowest BCUT2D eigenvalue weighted by atomic mass is 9.94. The van der Waals surface area contributed by atoms with Gasteiger partial charge in [-0.1, -0.05) is 18.2 Å². The van der Waals surface area contributed by atoms with Gasteiger partial charge in [0.2, 0.25) is 5.91 Å². The third-order valence-electron chi connectivity index (χ3n) is 3.52. The average molecular weight is 244 g/mol. The molecule has 1 aliphatic carbocycles. The summed E-state index contributed by atoms with van der Waals surface area (Å²) in [5, 5.41) is 3.02. The number of nitrogens with one attached hydrogen (secondary N) is 1. The Hall–Kier alpha value is -1.77. The van der Waals surface area contributed by atoms with E-state index >= 15 is 0 Å². The minimum absolute atomic E-state index is 0.149. The van der Waals surface area contributed by atoms with Crippen LogP contribution in [0.1, 0.15) is 31.2 Å². The van der Waals surface area contributed by atoms with E-state index in [-0.39, 0.29) is 11.3 Å². The van der Waals surface area contributed by atoms with E-state index in [1.165, 1.54) is 0 Å². The van der Waals surface area contributed by atoms with Gasteiger partial charge in [0.25, 0.3) is 0 Å². The second-order valence-electron chi connectivity index (χ2n) is 4.89. The number of amides is 1. The summed E-state index contributed by atoms with van der Waals surface area (Å²) in [6.45, 7) is 4.39. The van der Waals surface area contributed by atoms with Crippen molar-refractivity contribution in [3.63, 3.8) is 0 Å². The highest BCUT2D eigenvalue weighted by Gasteiger charge is 2.50. The number of carbonyl (C=O) groups excluding carboxylic acids is 1. The van der Waals surface area contributed by atoms with E-state index < -0.39 is 0 Å². The Morgan fingerprint density at radius 2 is 2.06 bits per heavy atom. The number of anilines is 1. The first-order valence-electron chi connectivity index (χ1n) is 6.44. The third kappa shape index (κ3) is 2.55. The Labute approximate surface area is 108 Å². The van der Waals surface area contributed by atoms with Crippen LogP contribution in [0.15, 0.2) is 36.9 Å². The number of hydrogen-bond acceptors (Lipinski definition) is 2. The van der Waals surface area contributed by atoms with Crippen LogP contribution in [0.5, 0.6) is 0 Å². The van der Waals surface area contributed by atoms with Crippen LogP contribution < -0.4 is 11.1 Å². The van der Waals surface area contributed by atoms with Crippen molar-refractivity contribution < 1.29 is 4.79 Å². The maximum atomic E-state index is 12.2. The summed E-state index contributed by atoms with van der Waals surface area (Å²) < 4.78 is 0. The molecule has 3 heteroatoms. The van der Waals surface area contributed by atoms with Gasteiger partial charge >= 0.3 is 0 Å². The quantitative estimate of drug-likeness (QED) is 0.458. The number of nitrogens with two attached hydrogens (primary N) is 1. The van der Waals surface area contributed by atoms with Gasteiger partial charge in [-0.25, -0.2) is 0 Å². The minimum atomic E-state index is -0.290. The molecule has 1 aromatic carbocycles. The van der Waals surface area contributed by atoms with Gasteiger partial charge in [0.05, 0.1) is 5.41 Å². The number of nitrogen functional groups attached to an aromatic ring is 1. The topological polar surface area (TPSA) is 55.1 Å². The van der Waals surface area contributed by atoms with Gasteiger partial charge in [-0.05, 0) is 43.4 Å². The summed E-state index contributed by atoms with van der Waals surface area (Å²) in [6.07, 6.45) is 5.63. The van der Waals surface area contributed by atoms with Crippen LogP contribution in [-0.4, -0.2) is 12.5 Å². The van der Waals surface area contributed by atoms with E-state index in [1.807, 2.05) is 30.3 Å². The maximum Gasteiger partial charge on any atom is 0.230 e. The van der Waals surface area contributed by atoms with Crippen molar-refractivity contribution in [2.45, 2.75) is 31.1 Å². The normalized spacial score (nSPS) is 16.0. The minimum Gasteiger partial charge on any atom is -0.399 e. The van der Waals surface area contributed by atoms with E-state index in [4.69, 9.17) is 5.73 Å². The molecule has 3 nitrogen and oxygen atoms in total. The molecule has 0 radical (unpaired) electrons. The molecule has 0 spiro atoms. The molecule has 1 saturated carbocycles. The van der Waals surface area contributed by atoms with E-state index in [1.54, 1.807) is 0 Å². The van der Waals surface area contributed by atoms with Crippen molar-refractivity contribution in [1.82, 2.24) is 5.32 Å². The zero-order valence-corrected chi connectivity index (χ0v) is 10.6. The summed E-state index contributed by atoms with van der Waals surface area (Å²) in [6, 6.07) is 7.65. The monoisotopic (exact) mass is 244 g/mol. The molecule has 96 valence electrons. The number of carbonyl (C=O) groups is 1. The fourth-order valence-corrected chi connectivity index (χ4v) is 2.19. The summed E-state index contributed by atoms with van der Waals surface area (Å²) in [5.41, 5.74) is 7.20. The molecule has 0 atom stereocenters. The lowest BCUT2D eigenvalue weighted by Crippen LogP contribution is -2.35. The zero-order valence-electron chi connectivity index (χ0n) is 10.6. The summed E-state index contributed by atoms with van der Waals surface area (Å²) in [5.74, 6) is 0.149. The molecule has 0 heterocycles. The van der Waals surface area contributed by atoms with Crippen LogP contribution in [0.25, 0.3) is 0 Å². The van der Waals surface area contributed by atoms with Crippen LogP contribution in [-0.2, 0) is 10.2 Å². The van der Waals surface area contributed by atoms with E-state index in [0.717, 1.165) is 43.5 Å². The smallest absolute Gasteiger partial charge is 0.230 e. The molecular weight excluding hydrogens is 224 g/mol. The first-order valence-corrected chi connectivity index (χ1v) is 6.44. The Morgan fingerprint density at radius 1 is 1.39 bits per heavy atom. The fraction of sp³-hybridized carbons (Fsp3) is 0.400. The molecule has 1 aromatic rings. The summed E-state index contributed by atoms with van der Waals surface area (Å²) in [4.78, 5) is 12.2. The number of rotatable bonds is 6. The zero-order chi connectivity index (χ0) is 13.0. The molecule has 1 fully saturated rings. The van der Waals surface area contributed by atoms with Crippen LogP contribution >= 0.6 is 0 Å². The molecule has 0 unspecified atom stereocenters. The van der Waals surface area contributed by atoms with Crippen LogP contribution in [0, 0.1) is 0 Å². The number of allylic oxidation sites excluding steroid dienone is 1. The fourth-order valence-electron chi connectivity index (χ4n) is 2.19. The Morgan fingerprint density at radius 3 is 2.61 bits per heavy atom. The SMILES string of the molecule is C=CCCCNC(=O)C1(c2ccc(N)cc2)CC1. The Bertz CT molecular complexity index is 432. The van der Waals surface area contributed by atoms with Crippen molar-refractivity contribution in [1.29, 1.82) is 0 Å². The molecule has 0 aliphatic heterocycles. The molecule has 1 aliphatic rings. The van der Waals surface area contributed by atoms with Crippen molar-refractivity contribution >= 4 is 11.6 Å². The molecule has 0 saturated heterocycles. The average Bonchev–Trinajstić information content (AvgIpc) is 3.17. The molecule has 3 N–H and O–H groups in total. The molecule has 0 aromatic heterocycles. The van der Waals surface area contributed by atoms with Crippen LogP contribution in [0.3, 0.4) is 0 Å². The predicted octanol–water partition coefficient (Wildman–Crippen LogP) is 2.38. The largest absolute Gasteiger partial charge is 0.399 e. The van der Waals surface area contributed by atoms with Gasteiger partial charge in [-0.3, -0.25) is 4.79 Å². The van der Waals surface area contributed by atoms with Crippen LogP contribution in [0.4, 0.5) is 5.69 Å². The molecular formula is C15H20N2O. The van der Waals surface area contributed by atoms with E-state index in [9.17, 15) is 4.79 Å². The number of benzene rings is 1. The Balaban J connectivity index is 1.96. The molecule has 2 rings (SSSR count). The van der Waals surface area contributed by atoms with Crippen LogP contribution in [0.2, 0.25) is 0 Å². The first kappa shape index (κ1) is 12.7. The van der Waals surface area contributed by atoms with Gasteiger partial charge in [0.15, 0.2) is 0 Å². The Kier molecular flexibility index (Phi) is 3.70. The second kappa shape index (κ2) is 5.25. The second-order valence-corrected chi connectivity index (χ2v) is 4.89. The molecule has 1 amide bonds. The predicted molar refractivity (Wildman–Crippen MR) is 74.2 cm³/mol. The highest BCUT2D eigenvalue weighted by molar-refractivity contribution is 5.91. The number of unbranched alkanes of at least 4 members (excludes halogenated alkanes) is 1. The summed E-state index contributed by atoms with van der Waals surface area (Å²) >= 11 is 0. The van der Waals surface area contributed by atoms with Gasteiger partial charge in [-0.15, -0.1) is 6.58 Å². The lowest BCUT2D eigenvalue weighted by molar-refractivity contribution is -0.123. The van der Waals surface area contributed by atoms with Crippen molar-refractivity contribution in [2.24, 2.45) is 0 Å². The first-order chi connectivity index (χ1) is 8.69. The van der Waals surface area contributed by atoms with Gasteiger partial charge < -0.3 is 11.1 Å². The summed E-state index contributed by atoms with van der Waals surface area (Å²) in [7, 11) is 0. The lowest BCUT2D eigenvalue weighted by Gasteiger charge is -2.15. The highest BCUT2D eigenvalue weighted by Crippen LogP contribution is 2.48. The van der Waals surface area contributed by atoms with Crippen molar-refractivity contribution in [3.8, 4) is 0 Å². The standard InChI is InChI=1S/C15H20N2O/c1-2-3-4-11-17-14(18)15(9-10-15)12-5-7-13(16)8-6-12/h2,5-8H,1,3-4,9-11,16H2,(H,17,18). The van der Waals surface area contributed by atoms with E-state index in [2.05, 4.69) is 11.9 Å². The molecule has 18 heavy (non-hydrogen) atoms. The number of hydrogen-bond donors (Lipinski definition) is 2. The third-order valence-corrected chi connectivity index (χ3v) is 3.52. The van der Waals surface area contributed by atoms with Gasteiger partial charge in [0.1, 0.15) is 0 Å². The van der Waals surface area contributed by atoms with Crippen molar-refractivity contribution in [2.75, 3.05) is 12.3 Å². The van der Waals surface area contributed by atoms with Gasteiger partial charge in [-0.2, -0.15) is 0 Å². The van der Waals surface area contributed by atoms with Crippen molar-refractivity contribution in [3.05, 3.63) is 42.5 Å². The van der Waals surface area contributed by atoms with Gasteiger partial charge in [0, 0.05) is 12.2 Å².